The predicted molar refractivity (Wildman–Crippen MR) is 118 cm³/mol. The lowest BCUT2D eigenvalue weighted by Crippen LogP contribution is -2.39. The molecule has 0 bridgehead atoms. The van der Waals surface area contributed by atoms with Crippen LogP contribution in [0, 0.1) is 11.3 Å². The molecular formula is C24H25N5O2. The molecule has 7 nitrogen and oxygen atoms in total. The molecule has 3 heterocycles. The minimum atomic E-state index is -0.368. The molecule has 2 aliphatic rings. The Morgan fingerprint density at radius 1 is 1.26 bits per heavy atom. The maximum Gasteiger partial charge on any atom is 0.237 e. The fourth-order valence-corrected chi connectivity index (χ4v) is 4.75. The average Bonchev–Trinajstić information content (AvgIpc) is 3.40. The number of fused-ring (bicyclic) bond motifs is 2. The number of amides is 1. The lowest BCUT2D eigenvalue weighted by molar-refractivity contribution is -0.118. The van der Waals surface area contributed by atoms with Gasteiger partial charge in [0.25, 0.3) is 0 Å². The van der Waals surface area contributed by atoms with Crippen molar-refractivity contribution in [2.75, 3.05) is 18.0 Å². The second-order valence-corrected chi connectivity index (χ2v) is 8.33. The molecule has 0 saturated carbocycles. The van der Waals surface area contributed by atoms with Crippen LogP contribution in [0.25, 0.3) is 10.9 Å². The van der Waals surface area contributed by atoms with Crippen LogP contribution in [0.4, 0.5) is 5.82 Å². The van der Waals surface area contributed by atoms with Crippen molar-refractivity contribution in [1.29, 1.82) is 5.26 Å². The number of nitrogens with zero attached hydrogens (tertiary/aromatic N) is 4. The van der Waals surface area contributed by atoms with Crippen LogP contribution in [-0.2, 0) is 24.2 Å². The average molecular weight is 415 g/mol. The van der Waals surface area contributed by atoms with E-state index in [1.807, 2.05) is 41.1 Å². The summed E-state index contributed by atoms with van der Waals surface area (Å²) >= 11 is 0. The van der Waals surface area contributed by atoms with Crippen LogP contribution in [0.15, 0.2) is 36.5 Å². The number of carbonyl (C=O) groups is 1. The Bertz CT molecular complexity index is 1180. The van der Waals surface area contributed by atoms with Gasteiger partial charge >= 0.3 is 0 Å². The third-order valence-corrected chi connectivity index (χ3v) is 6.29. The van der Waals surface area contributed by atoms with E-state index in [4.69, 9.17) is 15.5 Å². The highest BCUT2D eigenvalue weighted by Gasteiger charge is 2.26. The fraction of sp³-hybridized carbons (Fsp3) is 0.375. The third-order valence-electron chi connectivity index (χ3n) is 6.29. The zero-order chi connectivity index (χ0) is 21.4. The van der Waals surface area contributed by atoms with Gasteiger partial charge in [-0.05, 0) is 49.1 Å². The number of nitrogens with two attached hydrogens (primary N) is 1. The highest BCUT2D eigenvalue weighted by Crippen LogP contribution is 2.31. The molecule has 0 atom stereocenters. The number of hydrogen-bond donors (Lipinski definition) is 1. The van der Waals surface area contributed by atoms with Gasteiger partial charge in [-0.2, -0.15) is 5.26 Å². The summed E-state index contributed by atoms with van der Waals surface area (Å²) in [6, 6.07) is 12.2. The lowest BCUT2D eigenvalue weighted by Gasteiger charge is -2.33. The number of hydrogen-bond acceptors (Lipinski definition) is 5. The molecule has 158 valence electrons. The largest absolute Gasteiger partial charge is 0.490 e. The van der Waals surface area contributed by atoms with Gasteiger partial charge in [0.2, 0.25) is 5.91 Å². The number of carbonyl (C=O) groups excluding carboxylic acids is 1. The van der Waals surface area contributed by atoms with Gasteiger partial charge in [0.1, 0.15) is 30.3 Å². The van der Waals surface area contributed by atoms with E-state index in [1.165, 1.54) is 5.56 Å². The molecule has 1 amide bonds. The molecule has 0 radical (unpaired) electrons. The van der Waals surface area contributed by atoms with Crippen molar-refractivity contribution < 1.29 is 9.53 Å². The molecule has 2 aromatic heterocycles. The zero-order valence-corrected chi connectivity index (χ0v) is 17.4. The minimum Gasteiger partial charge on any atom is -0.490 e. The quantitative estimate of drug-likeness (QED) is 0.691. The first-order valence-corrected chi connectivity index (χ1v) is 10.8. The van der Waals surface area contributed by atoms with Crippen molar-refractivity contribution in [3.8, 4) is 11.8 Å². The van der Waals surface area contributed by atoms with E-state index in [9.17, 15) is 10.1 Å². The van der Waals surface area contributed by atoms with Crippen LogP contribution in [0.2, 0.25) is 0 Å². The highest BCUT2D eigenvalue weighted by molar-refractivity contribution is 5.88. The molecule has 1 fully saturated rings. The predicted octanol–water partition coefficient (Wildman–Crippen LogP) is 2.93. The number of piperidine rings is 1. The second kappa shape index (κ2) is 7.95. The summed E-state index contributed by atoms with van der Waals surface area (Å²) in [5.74, 6) is 1.29. The van der Waals surface area contributed by atoms with Crippen molar-refractivity contribution in [2.45, 2.75) is 44.8 Å². The normalized spacial score (nSPS) is 16.3. The van der Waals surface area contributed by atoms with Gasteiger partial charge in [-0.3, -0.25) is 4.79 Å². The molecule has 1 aliphatic carbocycles. The van der Waals surface area contributed by atoms with Gasteiger partial charge < -0.3 is 19.9 Å². The standard InChI is InChI=1S/C24H25N5O2/c25-14-17-13-16-3-1-4-20(16)27-24(17)28-10-7-18(8-11-28)31-22-6-2-5-21-19(22)9-12-29(21)15-23(26)30/h2,5-6,9,12-13,18H,1,3-4,7-8,10-11,15H2,(H2,26,30). The van der Waals surface area contributed by atoms with E-state index in [-0.39, 0.29) is 18.6 Å². The topological polar surface area (TPSA) is 97.2 Å². The number of primary amides is 1. The molecular weight excluding hydrogens is 390 g/mol. The van der Waals surface area contributed by atoms with Crippen molar-refractivity contribution in [3.05, 3.63) is 53.3 Å². The Morgan fingerprint density at radius 3 is 2.87 bits per heavy atom. The molecule has 2 N–H and O–H groups in total. The molecule has 5 rings (SSSR count). The van der Waals surface area contributed by atoms with Crippen LogP contribution in [0.1, 0.15) is 36.1 Å². The number of nitriles is 1. The van der Waals surface area contributed by atoms with Crippen LogP contribution >= 0.6 is 0 Å². The maximum atomic E-state index is 11.3. The maximum absolute atomic E-state index is 11.3. The van der Waals surface area contributed by atoms with Crippen molar-refractivity contribution in [2.24, 2.45) is 5.73 Å². The molecule has 1 aliphatic heterocycles. The summed E-state index contributed by atoms with van der Waals surface area (Å²) in [6.07, 6.45) is 6.85. The van der Waals surface area contributed by atoms with E-state index in [2.05, 4.69) is 11.0 Å². The molecule has 1 saturated heterocycles. The molecule has 7 heteroatoms. The Kier molecular flexibility index (Phi) is 4.99. The second-order valence-electron chi connectivity index (χ2n) is 8.33. The molecule has 31 heavy (non-hydrogen) atoms. The van der Waals surface area contributed by atoms with Gasteiger partial charge in [-0.1, -0.05) is 6.07 Å². The van der Waals surface area contributed by atoms with Crippen LogP contribution < -0.4 is 15.4 Å². The van der Waals surface area contributed by atoms with E-state index < -0.39 is 0 Å². The molecule has 0 unspecified atom stereocenters. The summed E-state index contributed by atoms with van der Waals surface area (Å²) < 4.78 is 8.20. The number of benzene rings is 1. The third kappa shape index (κ3) is 3.70. The summed E-state index contributed by atoms with van der Waals surface area (Å²) in [5, 5.41) is 10.6. The Morgan fingerprint density at radius 2 is 2.10 bits per heavy atom. The first-order valence-electron chi connectivity index (χ1n) is 10.8. The SMILES string of the molecule is N#Cc1cc2c(nc1N1CCC(Oc3cccc4c3ccn4CC(N)=O)CC1)CCC2. The van der Waals surface area contributed by atoms with E-state index in [0.717, 1.165) is 73.4 Å². The summed E-state index contributed by atoms with van der Waals surface area (Å²) in [5.41, 5.74) is 9.36. The Hall–Kier alpha value is -3.53. The smallest absolute Gasteiger partial charge is 0.237 e. The number of aromatic nitrogens is 2. The van der Waals surface area contributed by atoms with Crippen LogP contribution in [0.5, 0.6) is 5.75 Å². The number of rotatable bonds is 5. The molecule has 0 spiro atoms. The van der Waals surface area contributed by atoms with Gasteiger partial charge in [0, 0.05) is 43.2 Å². The molecule has 3 aromatic rings. The van der Waals surface area contributed by atoms with E-state index >= 15 is 0 Å². The summed E-state index contributed by atoms with van der Waals surface area (Å²) in [4.78, 5) is 18.4. The first-order chi connectivity index (χ1) is 15.1. The fourth-order valence-electron chi connectivity index (χ4n) is 4.75. The van der Waals surface area contributed by atoms with Crippen LogP contribution in [0.3, 0.4) is 0 Å². The van der Waals surface area contributed by atoms with Crippen LogP contribution in [-0.4, -0.2) is 34.7 Å². The summed E-state index contributed by atoms with van der Waals surface area (Å²) in [7, 11) is 0. The van der Waals surface area contributed by atoms with Gasteiger partial charge in [-0.15, -0.1) is 0 Å². The van der Waals surface area contributed by atoms with Gasteiger partial charge in [0.05, 0.1) is 11.1 Å². The Labute approximate surface area is 181 Å². The number of anilines is 1. The van der Waals surface area contributed by atoms with E-state index in [1.54, 1.807) is 0 Å². The molecule has 1 aromatic carbocycles. The lowest BCUT2D eigenvalue weighted by atomic mass is 10.1. The van der Waals surface area contributed by atoms with E-state index in [0.29, 0.717) is 5.56 Å². The highest BCUT2D eigenvalue weighted by atomic mass is 16.5. The van der Waals surface area contributed by atoms with Crippen molar-refractivity contribution >= 4 is 22.6 Å². The van der Waals surface area contributed by atoms with Crippen molar-refractivity contribution in [1.82, 2.24) is 9.55 Å². The number of pyridine rings is 1. The minimum absolute atomic E-state index is 0.0984. The number of ether oxygens (including phenoxy) is 1. The zero-order valence-electron chi connectivity index (χ0n) is 17.4. The number of aryl methyl sites for hydroxylation is 2. The van der Waals surface area contributed by atoms with Gasteiger partial charge in [-0.25, -0.2) is 4.98 Å². The summed E-state index contributed by atoms with van der Waals surface area (Å²) in [6.45, 7) is 1.77. The monoisotopic (exact) mass is 415 g/mol. The Balaban J connectivity index is 1.30. The first kappa shape index (κ1) is 19.4. The van der Waals surface area contributed by atoms with Gasteiger partial charge in [0.15, 0.2) is 0 Å². The van der Waals surface area contributed by atoms with Crippen molar-refractivity contribution in [3.63, 3.8) is 0 Å².